The zero-order chi connectivity index (χ0) is 44.7. The summed E-state index contributed by atoms with van der Waals surface area (Å²) in [6, 6.07) is 0. The average molecular weight is 872 g/mol. The number of esters is 2. The Morgan fingerprint density at radius 2 is 0.984 bits per heavy atom. The van der Waals surface area contributed by atoms with Crippen LogP contribution in [0, 0.1) is 0 Å². The molecule has 2 aliphatic heterocycles. The number of carbonyl (C=O) groups is 2. The normalized spacial score (nSPS) is 15.1. The molecule has 0 saturated carbocycles. The molecule has 0 aromatic heterocycles. The van der Waals surface area contributed by atoms with Gasteiger partial charge in [0.2, 0.25) is 0 Å². The largest absolute Gasteiger partial charge is 0.462 e. The van der Waals surface area contributed by atoms with E-state index in [1.54, 1.807) is 0 Å². The second-order valence-corrected chi connectivity index (χ2v) is 18.4. The lowest BCUT2D eigenvalue weighted by Gasteiger charge is -2.25. The van der Waals surface area contributed by atoms with Crippen molar-refractivity contribution in [2.75, 3.05) is 26.2 Å². The molecule has 2 aliphatic rings. The first-order valence-electron chi connectivity index (χ1n) is 26.5. The monoisotopic (exact) mass is 872 g/mol. The zero-order valence-corrected chi connectivity index (χ0v) is 40.8. The summed E-state index contributed by atoms with van der Waals surface area (Å²) in [7, 11) is 0. The van der Waals surface area contributed by atoms with E-state index in [0.29, 0.717) is 24.4 Å². The van der Waals surface area contributed by atoms with Gasteiger partial charge < -0.3 is 20.1 Å². The SMILES string of the molecule is CCCCCCCCC(CC)OC(=O)CCCCCCCN(CCCCCCCC(=O)OC(CCCCCCCC)CCCCCCCC)CCCNC1N=C(N)C2=NNC2=N1. The molecule has 2 unspecified atom stereocenters. The molecule has 0 spiro atoms. The molecule has 0 radical (unpaired) electrons. The fraction of sp³-hybridized carbons (Fsp3) is 0.902. The first-order chi connectivity index (χ1) is 30.4. The van der Waals surface area contributed by atoms with E-state index in [-0.39, 0.29) is 30.4 Å². The number of aliphatic imine (C=N–C) groups is 2. The van der Waals surface area contributed by atoms with Crippen molar-refractivity contribution in [3.8, 4) is 0 Å². The number of hydrazone groups is 1. The third-order valence-electron chi connectivity index (χ3n) is 12.6. The second-order valence-electron chi connectivity index (χ2n) is 18.4. The van der Waals surface area contributed by atoms with Gasteiger partial charge in [0.1, 0.15) is 12.2 Å². The van der Waals surface area contributed by atoms with Crippen LogP contribution in [0.5, 0.6) is 0 Å². The van der Waals surface area contributed by atoms with Crippen molar-refractivity contribution in [2.24, 2.45) is 20.8 Å². The van der Waals surface area contributed by atoms with Crippen molar-refractivity contribution < 1.29 is 19.1 Å². The molecule has 2 heterocycles. The summed E-state index contributed by atoms with van der Waals surface area (Å²) in [5.74, 6) is 1.15. The summed E-state index contributed by atoms with van der Waals surface area (Å²) < 4.78 is 11.9. The molecule has 11 nitrogen and oxygen atoms in total. The maximum absolute atomic E-state index is 12.9. The Morgan fingerprint density at radius 3 is 1.44 bits per heavy atom. The molecule has 0 fully saturated rings. The molecule has 11 heteroatoms. The van der Waals surface area contributed by atoms with Gasteiger partial charge in [0.05, 0.1) is 0 Å². The number of fused-ring (bicyclic) bond motifs is 1. The minimum atomic E-state index is -0.362. The Bertz CT molecular complexity index is 1190. The highest BCUT2D eigenvalue weighted by Crippen LogP contribution is 2.19. The molecule has 0 aromatic rings. The number of rotatable bonds is 45. The van der Waals surface area contributed by atoms with Crippen LogP contribution in [0.1, 0.15) is 252 Å². The second kappa shape index (κ2) is 38.9. The zero-order valence-electron chi connectivity index (χ0n) is 40.8. The number of amidine groups is 2. The quantitative estimate of drug-likeness (QED) is 0.0405. The van der Waals surface area contributed by atoms with Gasteiger partial charge in [0.15, 0.2) is 23.7 Å². The maximum Gasteiger partial charge on any atom is 0.306 e. The van der Waals surface area contributed by atoms with Gasteiger partial charge >= 0.3 is 11.9 Å². The van der Waals surface area contributed by atoms with E-state index >= 15 is 0 Å². The topological polar surface area (TPSA) is 143 Å². The highest BCUT2D eigenvalue weighted by Gasteiger charge is 2.27. The summed E-state index contributed by atoms with van der Waals surface area (Å²) in [5.41, 5.74) is 9.54. The van der Waals surface area contributed by atoms with Gasteiger partial charge in [-0.2, -0.15) is 5.10 Å². The van der Waals surface area contributed by atoms with E-state index in [4.69, 9.17) is 15.2 Å². The molecule has 0 saturated heterocycles. The summed E-state index contributed by atoms with van der Waals surface area (Å²) in [6.45, 7) is 12.9. The van der Waals surface area contributed by atoms with Crippen LogP contribution < -0.4 is 16.5 Å². The van der Waals surface area contributed by atoms with Crippen LogP contribution in [0.4, 0.5) is 0 Å². The number of nitrogens with two attached hydrogens (primary N) is 1. The molecule has 360 valence electrons. The van der Waals surface area contributed by atoms with Gasteiger partial charge in [0.25, 0.3) is 0 Å². The highest BCUT2D eigenvalue weighted by molar-refractivity contribution is 6.70. The number of carbonyl (C=O) groups excluding carboxylic acids is 2. The molecule has 4 N–H and O–H groups in total. The lowest BCUT2D eigenvalue weighted by molar-refractivity contribution is -0.150. The van der Waals surface area contributed by atoms with Crippen LogP contribution in [0.15, 0.2) is 15.1 Å². The number of ether oxygens (including phenoxy) is 2. The van der Waals surface area contributed by atoms with E-state index < -0.39 is 0 Å². The van der Waals surface area contributed by atoms with Crippen LogP contribution in [-0.2, 0) is 19.1 Å². The Balaban J connectivity index is 1.67. The molecule has 2 rings (SSSR count). The molecule has 2 atom stereocenters. The number of hydrogen-bond acceptors (Lipinski definition) is 11. The van der Waals surface area contributed by atoms with Crippen molar-refractivity contribution >= 4 is 29.3 Å². The molecule has 0 amide bonds. The third-order valence-corrected chi connectivity index (χ3v) is 12.6. The van der Waals surface area contributed by atoms with Crippen molar-refractivity contribution in [1.82, 2.24) is 15.6 Å². The van der Waals surface area contributed by atoms with Gasteiger partial charge in [-0.1, -0.05) is 163 Å². The predicted octanol–water partition coefficient (Wildman–Crippen LogP) is 12.4. The van der Waals surface area contributed by atoms with Crippen molar-refractivity contribution in [1.29, 1.82) is 0 Å². The van der Waals surface area contributed by atoms with E-state index in [0.717, 1.165) is 109 Å². The molecule has 0 bridgehead atoms. The molecule has 0 aromatic carbocycles. The van der Waals surface area contributed by atoms with E-state index in [9.17, 15) is 9.59 Å². The minimum Gasteiger partial charge on any atom is -0.462 e. The molecule has 0 aliphatic carbocycles. The summed E-state index contributed by atoms with van der Waals surface area (Å²) >= 11 is 0. The maximum atomic E-state index is 12.9. The fourth-order valence-electron chi connectivity index (χ4n) is 8.56. The van der Waals surface area contributed by atoms with Crippen molar-refractivity contribution in [3.05, 3.63) is 0 Å². The summed E-state index contributed by atoms with van der Waals surface area (Å²) in [5, 5.41) is 7.45. The average Bonchev–Trinajstić information content (AvgIpc) is 3.25. The van der Waals surface area contributed by atoms with E-state index in [1.165, 1.54) is 135 Å². The lowest BCUT2D eigenvalue weighted by atomic mass is 10.0. The highest BCUT2D eigenvalue weighted by atomic mass is 16.5. The van der Waals surface area contributed by atoms with Crippen molar-refractivity contribution in [2.45, 2.75) is 271 Å². The van der Waals surface area contributed by atoms with Crippen LogP contribution in [0.2, 0.25) is 0 Å². The first-order valence-corrected chi connectivity index (χ1v) is 26.5. The van der Waals surface area contributed by atoms with Gasteiger partial charge in [-0.25, -0.2) is 9.98 Å². The minimum absolute atomic E-state index is 0.0145. The summed E-state index contributed by atoms with van der Waals surface area (Å²) in [6.07, 6.45) is 39.8. The number of nitrogens with zero attached hydrogens (tertiary/aromatic N) is 4. The first kappa shape index (κ1) is 55.6. The lowest BCUT2D eigenvalue weighted by Crippen LogP contribution is -2.52. The van der Waals surface area contributed by atoms with Crippen LogP contribution in [0.3, 0.4) is 0 Å². The van der Waals surface area contributed by atoms with E-state index in [2.05, 4.69) is 58.4 Å². The van der Waals surface area contributed by atoms with Gasteiger partial charge in [-0.05, 0) is 96.7 Å². The van der Waals surface area contributed by atoms with Gasteiger partial charge in [0, 0.05) is 19.4 Å². The molecule has 62 heavy (non-hydrogen) atoms. The summed E-state index contributed by atoms with van der Waals surface area (Å²) in [4.78, 5) is 37.0. The Labute approximate surface area is 380 Å². The Kier molecular flexibility index (Phi) is 34.9. The van der Waals surface area contributed by atoms with Crippen molar-refractivity contribution in [3.63, 3.8) is 0 Å². The van der Waals surface area contributed by atoms with Crippen LogP contribution >= 0.6 is 0 Å². The standard InChI is InChI=1S/C51H97N7O4/c1-5-9-12-15-20-27-35-44(8-4)61-46(59)38-30-23-18-25-32-41-58(43-34-40-53-51-54-49(52)48-50(55-51)57-56-48)42-33-26-19-24-31-39-47(60)62-45(36-28-21-16-13-10-6-2)37-29-22-17-14-11-7-3/h44-45,51,53H,5-43H2,1-4H3,(H2,52,54)(H,55,57). The fourth-order valence-corrected chi connectivity index (χ4v) is 8.56. The Morgan fingerprint density at radius 1 is 0.565 bits per heavy atom. The predicted molar refractivity (Wildman–Crippen MR) is 262 cm³/mol. The Hall–Kier alpha value is -2.53. The van der Waals surface area contributed by atoms with Crippen LogP contribution in [-0.4, -0.2) is 78.9 Å². The third kappa shape index (κ3) is 29.0. The van der Waals surface area contributed by atoms with Gasteiger partial charge in [-0.3, -0.25) is 20.3 Å². The number of unbranched alkanes of at least 4 members (excludes halogenated alkanes) is 23. The van der Waals surface area contributed by atoms with Crippen LogP contribution in [0.25, 0.3) is 0 Å². The molecular formula is C51H97N7O4. The van der Waals surface area contributed by atoms with E-state index in [1.807, 2.05) is 0 Å². The molecular weight excluding hydrogens is 775 g/mol. The number of hydrogen-bond donors (Lipinski definition) is 3. The van der Waals surface area contributed by atoms with Gasteiger partial charge in [-0.15, -0.1) is 0 Å². The number of nitrogens with one attached hydrogen (secondary N) is 2. The smallest absolute Gasteiger partial charge is 0.306 e.